The van der Waals surface area contributed by atoms with Crippen molar-refractivity contribution in [2.24, 2.45) is 11.8 Å². The number of nitrogens with zero attached hydrogens (tertiary/aromatic N) is 10. The topological polar surface area (TPSA) is 288 Å². The molecule has 2 atom stereocenters. The van der Waals surface area contributed by atoms with Gasteiger partial charge in [0.25, 0.3) is 17.7 Å². The molecular weight excluding hydrogens is 1770 g/mol. The fourth-order valence-corrected chi connectivity index (χ4v) is 16.9. The molecule has 15 aromatic carbocycles. The molecule has 5 aliphatic rings. The molecule has 0 aliphatic carbocycles. The van der Waals surface area contributed by atoms with Crippen LogP contribution in [-0.4, -0.2) is 109 Å². The van der Waals surface area contributed by atoms with Gasteiger partial charge in [0.1, 0.15) is 29.6 Å². The molecule has 5 fully saturated rings. The van der Waals surface area contributed by atoms with Crippen molar-refractivity contribution in [3.63, 3.8) is 0 Å². The van der Waals surface area contributed by atoms with Gasteiger partial charge in [-0.1, -0.05) is 382 Å². The minimum atomic E-state index is -1.08. The van der Waals surface area contributed by atoms with E-state index >= 15 is 0 Å². The van der Waals surface area contributed by atoms with Gasteiger partial charge in [0, 0.05) is 0 Å². The lowest BCUT2D eigenvalue weighted by Gasteiger charge is -2.37. The van der Waals surface area contributed by atoms with E-state index < -0.39 is 119 Å². The summed E-state index contributed by atoms with van der Waals surface area (Å²) in [5.41, 5.74) is 9.44. The molecule has 20 amide bonds. The van der Waals surface area contributed by atoms with Crippen LogP contribution in [0.2, 0.25) is 0 Å². The fourth-order valence-electron chi connectivity index (χ4n) is 16.9. The lowest BCUT2D eigenvalue weighted by Crippen LogP contribution is -2.61. The van der Waals surface area contributed by atoms with Crippen molar-refractivity contribution in [3.8, 4) is 0 Å². The van der Waals surface area contributed by atoms with Gasteiger partial charge in [-0.2, -0.15) is 0 Å². The summed E-state index contributed by atoms with van der Waals surface area (Å²) in [5, 5.41) is 0. The molecule has 25 nitrogen and oxygen atoms in total. The number of para-hydroxylation sites is 6. The number of hydrogen-bond acceptors (Lipinski definition) is 15. The fraction of sp³-hybridized carbons (Fsp3) is 0.0948. The van der Waals surface area contributed by atoms with Gasteiger partial charge in [-0.05, 0) is 136 Å². The third-order valence-electron chi connectivity index (χ3n) is 23.9. The number of urea groups is 5. The summed E-state index contributed by atoms with van der Waals surface area (Å²) < 4.78 is 0. The summed E-state index contributed by atoms with van der Waals surface area (Å²) in [6.45, 7) is 0.486. The minimum Gasteiger partial charge on any atom is -0.273 e. The van der Waals surface area contributed by atoms with E-state index in [1.807, 2.05) is 224 Å². The normalized spacial score (nSPS) is 16.0. The summed E-state index contributed by atoms with van der Waals surface area (Å²) in [7, 11) is 0. The van der Waals surface area contributed by atoms with Crippen LogP contribution < -0.4 is 29.4 Å². The molecule has 25 heteroatoms. The first-order valence-electron chi connectivity index (χ1n) is 45.5. The van der Waals surface area contributed by atoms with Crippen LogP contribution in [-0.2, 0) is 87.0 Å². The van der Waals surface area contributed by atoms with E-state index in [0.29, 0.717) is 50.8 Å². The lowest BCUT2D eigenvalue weighted by atomic mass is 9.93. The molecule has 5 aliphatic heterocycles. The number of rotatable bonds is 21. The first kappa shape index (κ1) is 95.5. The molecule has 0 radical (unpaired) electrons. The number of imide groups is 10. The molecule has 20 rings (SSSR count). The van der Waals surface area contributed by atoms with Crippen molar-refractivity contribution >= 4 is 123 Å². The molecule has 0 saturated carbocycles. The molecule has 0 bridgehead atoms. The maximum Gasteiger partial charge on any atom is 0.342 e. The minimum absolute atomic E-state index is 0.110. The molecule has 0 aromatic heterocycles. The second-order valence-electron chi connectivity index (χ2n) is 33.1. The molecule has 5 saturated heterocycles. The average molecular weight is 1870 g/mol. The van der Waals surface area contributed by atoms with Crippen LogP contribution >= 0.6 is 0 Å². The van der Waals surface area contributed by atoms with Crippen LogP contribution in [0.25, 0.3) is 0 Å². The number of amides is 20. The highest BCUT2D eigenvalue weighted by atomic mass is 16.2. The first-order chi connectivity index (χ1) is 68.8. The number of hydrogen-bond donors (Lipinski definition) is 0. The van der Waals surface area contributed by atoms with Crippen LogP contribution in [0, 0.1) is 11.8 Å². The third kappa shape index (κ3) is 21.8. The van der Waals surface area contributed by atoms with Crippen molar-refractivity contribution in [2.45, 2.75) is 56.8 Å². The Balaban J connectivity index is 0.000000127. The van der Waals surface area contributed by atoms with Gasteiger partial charge >= 0.3 is 30.2 Å². The molecule has 2 unspecified atom stereocenters. The van der Waals surface area contributed by atoms with Crippen LogP contribution in [0.15, 0.2) is 455 Å². The Hall–Kier alpha value is -18.7. The van der Waals surface area contributed by atoms with Crippen molar-refractivity contribution in [2.75, 3.05) is 29.4 Å². The lowest BCUT2D eigenvalue weighted by molar-refractivity contribution is -0.146. The molecule has 141 heavy (non-hydrogen) atoms. The number of carbonyl (C=O) groups is 15. The summed E-state index contributed by atoms with van der Waals surface area (Å²) in [5.74, 6) is -10.1. The second-order valence-corrected chi connectivity index (χ2v) is 33.1. The van der Waals surface area contributed by atoms with Gasteiger partial charge in [-0.25, -0.2) is 53.4 Å². The van der Waals surface area contributed by atoms with E-state index in [2.05, 4.69) is 0 Å². The number of benzene rings is 15. The van der Waals surface area contributed by atoms with E-state index in [4.69, 9.17) is 0 Å². The van der Waals surface area contributed by atoms with E-state index in [0.717, 1.165) is 67.7 Å². The zero-order valence-corrected chi connectivity index (χ0v) is 76.0. The van der Waals surface area contributed by atoms with Gasteiger partial charge < -0.3 is 0 Å². The highest BCUT2D eigenvalue weighted by molar-refractivity contribution is 6.39. The molecule has 15 aromatic rings. The highest BCUT2D eigenvalue weighted by Crippen LogP contribution is 2.39. The number of carbonyl (C=O) groups excluding carboxylic acids is 15. The number of anilines is 6. The van der Waals surface area contributed by atoms with Crippen molar-refractivity contribution < 1.29 is 71.9 Å². The summed E-state index contributed by atoms with van der Waals surface area (Å²) >= 11 is 0. The van der Waals surface area contributed by atoms with Crippen molar-refractivity contribution in [3.05, 3.63) is 505 Å². The van der Waals surface area contributed by atoms with Gasteiger partial charge in [0.2, 0.25) is 41.4 Å². The zero-order chi connectivity index (χ0) is 98.3. The summed E-state index contributed by atoms with van der Waals surface area (Å²) in [4.78, 5) is 209. The highest BCUT2D eigenvalue weighted by Gasteiger charge is 2.53. The van der Waals surface area contributed by atoms with Gasteiger partial charge in [0.15, 0.2) is 0 Å². The van der Waals surface area contributed by atoms with Crippen LogP contribution in [0.1, 0.15) is 67.8 Å². The third-order valence-corrected chi connectivity index (χ3v) is 23.9. The van der Waals surface area contributed by atoms with E-state index in [-0.39, 0.29) is 39.0 Å². The SMILES string of the molecule is O=C1C(Cc2ccccc2)C(=O)N(c2ccccc2)C(=O)N1Cc1ccccc1.O=C1C(Cc2ccccc2)C(=O)N(c2ccccc2)C(=O)N1c1ccccc1.O=C1C(c2ccccc2)C(=O)N(Cc2ccccc2)C(=O)N1Cc1ccccc1.O=C1C(c2ccccc2)C(=O)N(c2ccccc2)C(=O)N1Cc1ccccc1.O=C1C(c2ccccc2)C(=O)N(c2ccccc2)C(=O)N1c1ccccc1. The van der Waals surface area contributed by atoms with E-state index in [1.165, 1.54) is 14.7 Å². The van der Waals surface area contributed by atoms with E-state index in [1.54, 1.807) is 231 Å². The Morgan fingerprint density at radius 2 is 0.298 bits per heavy atom. The molecular formula is C116H92N10O15. The second kappa shape index (κ2) is 45.1. The molecule has 0 N–H and O–H groups in total. The Morgan fingerprint density at radius 1 is 0.142 bits per heavy atom. The van der Waals surface area contributed by atoms with Crippen LogP contribution in [0.3, 0.4) is 0 Å². The molecule has 5 heterocycles. The van der Waals surface area contributed by atoms with Crippen LogP contribution in [0.5, 0.6) is 0 Å². The monoisotopic (exact) mass is 1860 g/mol. The zero-order valence-electron chi connectivity index (χ0n) is 76.0. The van der Waals surface area contributed by atoms with E-state index in [9.17, 15) is 71.9 Å². The predicted octanol–water partition coefficient (Wildman–Crippen LogP) is 20.0. The average Bonchev–Trinajstić information content (AvgIpc) is 0.759. The smallest absolute Gasteiger partial charge is 0.273 e. The standard InChI is InChI=1S/2C24H20N2O3.2C23H18N2O3.C22H16N2O3/c27-22-21(20-14-8-3-9-15-20)23(28)26(17-19-12-6-2-7-13-19)24(29)25(22)16-18-10-4-1-5-11-18;27-22-21(16-18-10-4-1-5-11-18)23(28)26(20-14-8-3-9-15-20)24(29)25(22)17-19-12-6-2-7-13-19;26-21-20(18-12-6-2-7-13-18)22(27)25(19-14-8-3-9-15-19)23(28)24(21)16-17-10-4-1-5-11-17;26-21-20(16-17-10-4-1-5-11-17)22(27)25(19-14-8-3-9-15-19)23(28)24(21)18-12-6-2-7-13-18;25-20-19(16-10-4-1-5-11-16)21(26)24(18-14-8-3-9-15-18)22(27)23(20)17-12-6-2-7-13-17/h2*1-15,21H,16-17H2;2*1-15,20H,16H2;1-15,19H. The van der Waals surface area contributed by atoms with Gasteiger partial charge in [0.05, 0.1) is 60.3 Å². The van der Waals surface area contributed by atoms with Gasteiger partial charge in [-0.3, -0.25) is 67.5 Å². The predicted molar refractivity (Wildman–Crippen MR) is 533 cm³/mol. The molecule has 696 valence electrons. The van der Waals surface area contributed by atoms with Gasteiger partial charge in [-0.15, -0.1) is 0 Å². The largest absolute Gasteiger partial charge is 0.342 e. The van der Waals surface area contributed by atoms with Crippen molar-refractivity contribution in [1.29, 1.82) is 0 Å². The van der Waals surface area contributed by atoms with Crippen molar-refractivity contribution in [1.82, 2.24) is 19.6 Å². The Kier molecular flexibility index (Phi) is 30.6. The Labute approximate surface area is 813 Å². The number of barbiturate groups is 5. The summed E-state index contributed by atoms with van der Waals surface area (Å²) in [6, 6.07) is 131. The first-order valence-corrected chi connectivity index (χ1v) is 45.5. The Bertz CT molecular complexity index is 6260. The maximum atomic E-state index is 13.2. The quantitative estimate of drug-likeness (QED) is 0.0604. The maximum absolute atomic E-state index is 13.2. The summed E-state index contributed by atoms with van der Waals surface area (Å²) in [6.07, 6.45) is 0.485. The Morgan fingerprint density at radius 3 is 0.532 bits per heavy atom. The molecule has 0 spiro atoms. The van der Waals surface area contributed by atoms with Crippen LogP contribution in [0.4, 0.5) is 58.1 Å².